The topological polar surface area (TPSA) is 84.5 Å². The Morgan fingerprint density at radius 3 is 2.52 bits per heavy atom. The van der Waals surface area contributed by atoms with Crippen molar-refractivity contribution in [2.45, 2.75) is 13.5 Å². The van der Waals surface area contributed by atoms with Crippen LogP contribution in [0.2, 0.25) is 0 Å². The lowest BCUT2D eigenvalue weighted by molar-refractivity contribution is -0.149. The minimum Gasteiger partial charge on any atom is -0.461 e. The third-order valence-corrected chi connectivity index (χ3v) is 3.47. The van der Waals surface area contributed by atoms with Gasteiger partial charge in [-0.3, -0.25) is 4.79 Å². The summed E-state index contributed by atoms with van der Waals surface area (Å²) in [6.07, 6.45) is 1.11. The number of nitrogens with one attached hydrogen (secondary N) is 2. The van der Waals surface area contributed by atoms with Gasteiger partial charge in [0.05, 0.1) is 12.2 Å². The summed E-state index contributed by atoms with van der Waals surface area (Å²) in [6.45, 7) is 3.23. The average molecular weight is 314 g/mol. The van der Waals surface area contributed by atoms with Gasteiger partial charge in [0, 0.05) is 19.6 Å². The van der Waals surface area contributed by atoms with Gasteiger partial charge in [0.25, 0.3) is 0 Å². The fraction of sp³-hybridized carbons (Fsp3) is 0.500. The van der Waals surface area contributed by atoms with Gasteiger partial charge in [0.1, 0.15) is 6.61 Å². The summed E-state index contributed by atoms with van der Waals surface area (Å²) < 4.78 is 29.3. The zero-order valence-corrected chi connectivity index (χ0v) is 13.2. The Labute approximate surface area is 125 Å². The molecule has 0 radical (unpaired) electrons. The highest BCUT2D eigenvalue weighted by Crippen LogP contribution is 2.04. The first kappa shape index (κ1) is 17.6. The fourth-order valence-electron chi connectivity index (χ4n) is 1.60. The summed E-state index contributed by atoms with van der Waals surface area (Å²) in [5, 5.41) is 3.01. The van der Waals surface area contributed by atoms with Crippen molar-refractivity contribution in [2.75, 3.05) is 25.9 Å². The molecule has 0 amide bonds. The second-order valence-electron chi connectivity index (χ2n) is 4.86. The van der Waals surface area contributed by atoms with E-state index in [2.05, 4.69) is 10.0 Å². The number of carbonyl (C=O) groups excluding carboxylic acids is 1. The summed E-state index contributed by atoms with van der Waals surface area (Å²) in [5.74, 6) is -0.561. The molecule has 6 nitrogen and oxygen atoms in total. The third-order valence-electron chi connectivity index (χ3n) is 2.74. The molecular formula is C14H22N2O4S. The maximum atomic E-state index is 11.8. The molecule has 0 aliphatic rings. The molecule has 0 heterocycles. The molecule has 0 aromatic heterocycles. The van der Waals surface area contributed by atoms with Gasteiger partial charge in [-0.15, -0.1) is 0 Å². The summed E-state index contributed by atoms with van der Waals surface area (Å²) in [7, 11) is -3.16. The number of hydrogen-bond donors (Lipinski definition) is 2. The van der Waals surface area contributed by atoms with Crippen LogP contribution in [-0.2, 0) is 26.2 Å². The minimum absolute atomic E-state index is 0.264. The van der Waals surface area contributed by atoms with Crippen molar-refractivity contribution in [1.82, 2.24) is 10.0 Å². The standard InChI is InChI=1S/C14H22N2O4S/c1-12(10-15-8-9-16-21(2,18)19)14(17)20-11-13-6-4-3-5-7-13/h3-7,12,15-16H,8-11H2,1-2H3. The van der Waals surface area contributed by atoms with Crippen LogP contribution in [0.4, 0.5) is 0 Å². The highest BCUT2D eigenvalue weighted by molar-refractivity contribution is 7.88. The van der Waals surface area contributed by atoms with Crippen LogP contribution in [0.5, 0.6) is 0 Å². The second-order valence-corrected chi connectivity index (χ2v) is 6.70. The van der Waals surface area contributed by atoms with Crippen molar-refractivity contribution in [2.24, 2.45) is 5.92 Å². The normalized spacial score (nSPS) is 12.9. The molecule has 0 fully saturated rings. The lowest BCUT2D eigenvalue weighted by Gasteiger charge is -2.12. The van der Waals surface area contributed by atoms with Gasteiger partial charge in [-0.2, -0.15) is 0 Å². The van der Waals surface area contributed by atoms with E-state index in [1.807, 2.05) is 30.3 Å². The molecule has 0 saturated heterocycles. The lowest BCUT2D eigenvalue weighted by Crippen LogP contribution is -2.34. The first-order chi connectivity index (χ1) is 9.88. The van der Waals surface area contributed by atoms with Crippen LogP contribution in [0.3, 0.4) is 0 Å². The zero-order valence-electron chi connectivity index (χ0n) is 12.3. The Morgan fingerprint density at radius 1 is 1.24 bits per heavy atom. The van der Waals surface area contributed by atoms with E-state index in [0.29, 0.717) is 19.6 Å². The van der Waals surface area contributed by atoms with Crippen LogP contribution >= 0.6 is 0 Å². The summed E-state index contributed by atoms with van der Waals surface area (Å²) in [6, 6.07) is 9.48. The molecule has 1 rings (SSSR count). The molecule has 2 N–H and O–H groups in total. The Kier molecular flexibility index (Phi) is 7.35. The number of rotatable bonds is 9. The molecule has 1 unspecified atom stereocenters. The van der Waals surface area contributed by atoms with Gasteiger partial charge in [-0.1, -0.05) is 37.3 Å². The minimum atomic E-state index is -3.16. The number of hydrogen-bond acceptors (Lipinski definition) is 5. The highest BCUT2D eigenvalue weighted by atomic mass is 32.2. The molecule has 0 bridgehead atoms. The first-order valence-corrected chi connectivity index (χ1v) is 8.63. The largest absolute Gasteiger partial charge is 0.461 e. The first-order valence-electron chi connectivity index (χ1n) is 6.74. The van der Waals surface area contributed by atoms with Crippen molar-refractivity contribution < 1.29 is 17.9 Å². The van der Waals surface area contributed by atoms with Gasteiger partial charge in [-0.05, 0) is 5.56 Å². The van der Waals surface area contributed by atoms with Crippen molar-refractivity contribution in [3.63, 3.8) is 0 Å². The SMILES string of the molecule is CC(CNCCNS(C)(=O)=O)C(=O)OCc1ccccc1. The molecule has 0 aliphatic heterocycles. The molecule has 0 saturated carbocycles. The number of esters is 1. The van der Waals surface area contributed by atoms with E-state index in [9.17, 15) is 13.2 Å². The molecular weight excluding hydrogens is 292 g/mol. The summed E-state index contributed by atoms with van der Waals surface area (Å²) in [4.78, 5) is 11.8. The lowest BCUT2D eigenvalue weighted by atomic mass is 10.2. The van der Waals surface area contributed by atoms with Gasteiger partial charge in [0.15, 0.2) is 0 Å². The van der Waals surface area contributed by atoms with Gasteiger partial charge in [-0.25, -0.2) is 13.1 Å². The van der Waals surface area contributed by atoms with Crippen molar-refractivity contribution in [1.29, 1.82) is 0 Å². The van der Waals surface area contributed by atoms with Crippen LogP contribution in [-0.4, -0.2) is 40.3 Å². The Balaban J connectivity index is 2.16. The Morgan fingerprint density at radius 2 is 1.90 bits per heavy atom. The Hall–Kier alpha value is -1.44. The fourth-order valence-corrected chi connectivity index (χ4v) is 2.07. The van der Waals surface area contributed by atoms with E-state index < -0.39 is 10.0 Å². The van der Waals surface area contributed by atoms with E-state index in [0.717, 1.165) is 11.8 Å². The van der Waals surface area contributed by atoms with Crippen molar-refractivity contribution in [3.05, 3.63) is 35.9 Å². The predicted octanol–water partition coefficient (Wildman–Crippen LogP) is 0.505. The molecule has 1 aromatic rings. The molecule has 1 aromatic carbocycles. The van der Waals surface area contributed by atoms with Crippen molar-refractivity contribution >= 4 is 16.0 Å². The second kappa shape index (κ2) is 8.76. The molecule has 118 valence electrons. The molecule has 0 spiro atoms. The number of ether oxygens (including phenoxy) is 1. The molecule has 21 heavy (non-hydrogen) atoms. The van der Waals surface area contributed by atoms with Crippen LogP contribution in [0.15, 0.2) is 30.3 Å². The number of sulfonamides is 1. The number of benzene rings is 1. The van der Waals surface area contributed by atoms with E-state index >= 15 is 0 Å². The van der Waals surface area contributed by atoms with Crippen LogP contribution in [0.1, 0.15) is 12.5 Å². The zero-order chi connectivity index (χ0) is 15.7. The summed E-state index contributed by atoms with van der Waals surface area (Å²) in [5.41, 5.74) is 0.948. The third kappa shape index (κ3) is 8.44. The molecule has 0 aliphatic carbocycles. The smallest absolute Gasteiger partial charge is 0.310 e. The Bertz CT molecular complexity index is 531. The maximum absolute atomic E-state index is 11.8. The van der Waals surface area contributed by atoms with Gasteiger partial charge < -0.3 is 10.1 Å². The molecule has 1 atom stereocenters. The maximum Gasteiger partial charge on any atom is 0.310 e. The van der Waals surface area contributed by atoms with Gasteiger partial charge in [0.2, 0.25) is 10.0 Å². The van der Waals surface area contributed by atoms with E-state index in [1.54, 1.807) is 6.92 Å². The number of carbonyl (C=O) groups is 1. The predicted molar refractivity (Wildman–Crippen MR) is 81.1 cm³/mol. The van der Waals surface area contributed by atoms with Crippen LogP contribution < -0.4 is 10.0 Å². The van der Waals surface area contributed by atoms with Crippen LogP contribution in [0.25, 0.3) is 0 Å². The van der Waals surface area contributed by atoms with E-state index in [4.69, 9.17) is 4.74 Å². The average Bonchev–Trinajstić information content (AvgIpc) is 2.44. The summed E-state index contributed by atoms with van der Waals surface area (Å²) >= 11 is 0. The van der Waals surface area contributed by atoms with E-state index in [-0.39, 0.29) is 18.5 Å². The van der Waals surface area contributed by atoms with Gasteiger partial charge >= 0.3 is 5.97 Å². The molecule has 7 heteroatoms. The highest BCUT2D eigenvalue weighted by Gasteiger charge is 2.13. The van der Waals surface area contributed by atoms with E-state index in [1.165, 1.54) is 0 Å². The monoisotopic (exact) mass is 314 g/mol. The van der Waals surface area contributed by atoms with Crippen LogP contribution in [0, 0.1) is 5.92 Å². The van der Waals surface area contributed by atoms with Crippen molar-refractivity contribution in [3.8, 4) is 0 Å². The quantitative estimate of drug-likeness (QED) is 0.512.